The van der Waals surface area contributed by atoms with Crippen LogP contribution >= 0.6 is 11.3 Å². The minimum absolute atomic E-state index is 0.529. The van der Waals surface area contributed by atoms with E-state index in [2.05, 4.69) is 36.5 Å². The Labute approximate surface area is 84.4 Å². The van der Waals surface area contributed by atoms with E-state index in [1.165, 1.54) is 5.01 Å². The summed E-state index contributed by atoms with van der Waals surface area (Å²) in [7, 11) is 0. The van der Waals surface area contributed by atoms with E-state index in [4.69, 9.17) is 0 Å². The Bertz CT molecular complexity index is 255. The molecule has 74 valence electrons. The van der Waals surface area contributed by atoms with Crippen LogP contribution < -0.4 is 5.32 Å². The molecule has 1 rings (SSSR count). The lowest BCUT2D eigenvalue weighted by atomic mass is 10.2. The van der Waals surface area contributed by atoms with E-state index in [9.17, 15) is 0 Å². The molecule has 0 bridgehead atoms. The number of hydrogen-bond acceptors (Lipinski definition) is 3. The van der Waals surface area contributed by atoms with E-state index in [1.54, 1.807) is 11.3 Å². The molecule has 1 aromatic heterocycles. The standard InChI is InChI=1S/C10H18N2S/c1-7(2)11-5-8(3)10-12-9(4)6-13-10/h6-8,11H,5H2,1-4H3. The van der Waals surface area contributed by atoms with E-state index >= 15 is 0 Å². The monoisotopic (exact) mass is 198 g/mol. The smallest absolute Gasteiger partial charge is 0.0969 e. The zero-order valence-corrected chi connectivity index (χ0v) is 9.61. The lowest BCUT2D eigenvalue weighted by molar-refractivity contribution is 0.547. The van der Waals surface area contributed by atoms with Gasteiger partial charge in [0, 0.05) is 29.6 Å². The quantitative estimate of drug-likeness (QED) is 0.804. The zero-order valence-electron chi connectivity index (χ0n) is 8.79. The van der Waals surface area contributed by atoms with Crippen LogP contribution in [0.1, 0.15) is 37.4 Å². The summed E-state index contributed by atoms with van der Waals surface area (Å²) in [5.74, 6) is 0.529. The molecule has 1 atom stereocenters. The molecule has 0 aliphatic carbocycles. The Hall–Kier alpha value is -0.410. The minimum Gasteiger partial charge on any atom is -0.314 e. The zero-order chi connectivity index (χ0) is 9.84. The summed E-state index contributed by atoms with van der Waals surface area (Å²) in [6.07, 6.45) is 0. The molecule has 1 aromatic rings. The maximum atomic E-state index is 4.47. The van der Waals surface area contributed by atoms with E-state index < -0.39 is 0 Å². The molecule has 2 nitrogen and oxygen atoms in total. The molecule has 0 amide bonds. The van der Waals surface area contributed by atoms with Gasteiger partial charge in [0.15, 0.2) is 0 Å². The van der Waals surface area contributed by atoms with Crippen molar-refractivity contribution < 1.29 is 0 Å². The number of aryl methyl sites for hydroxylation is 1. The first-order valence-electron chi connectivity index (χ1n) is 4.75. The third kappa shape index (κ3) is 3.44. The normalized spacial score (nSPS) is 13.6. The van der Waals surface area contributed by atoms with Gasteiger partial charge in [-0.05, 0) is 6.92 Å². The first kappa shape index (κ1) is 10.7. The molecule has 0 aliphatic heterocycles. The van der Waals surface area contributed by atoms with Crippen molar-refractivity contribution in [3.8, 4) is 0 Å². The van der Waals surface area contributed by atoms with Crippen molar-refractivity contribution in [2.75, 3.05) is 6.54 Å². The fraction of sp³-hybridized carbons (Fsp3) is 0.700. The summed E-state index contributed by atoms with van der Waals surface area (Å²) >= 11 is 1.76. The molecule has 0 radical (unpaired) electrons. The number of aromatic nitrogens is 1. The van der Waals surface area contributed by atoms with Crippen LogP contribution in [-0.4, -0.2) is 17.6 Å². The topological polar surface area (TPSA) is 24.9 Å². The van der Waals surface area contributed by atoms with Crippen molar-refractivity contribution in [2.45, 2.75) is 39.7 Å². The van der Waals surface area contributed by atoms with Gasteiger partial charge in [0.05, 0.1) is 5.01 Å². The van der Waals surface area contributed by atoms with Gasteiger partial charge in [0.1, 0.15) is 0 Å². The molecular formula is C10H18N2S. The number of hydrogen-bond donors (Lipinski definition) is 1. The summed E-state index contributed by atoms with van der Waals surface area (Å²) in [4.78, 5) is 4.47. The lowest BCUT2D eigenvalue weighted by Gasteiger charge is -2.12. The molecule has 0 saturated heterocycles. The molecular weight excluding hydrogens is 180 g/mol. The molecule has 0 saturated carbocycles. The fourth-order valence-electron chi connectivity index (χ4n) is 1.10. The Balaban J connectivity index is 2.44. The first-order valence-corrected chi connectivity index (χ1v) is 5.63. The highest BCUT2D eigenvalue weighted by Gasteiger charge is 2.09. The van der Waals surface area contributed by atoms with E-state index in [0.717, 1.165) is 12.2 Å². The van der Waals surface area contributed by atoms with Crippen molar-refractivity contribution in [3.63, 3.8) is 0 Å². The summed E-state index contributed by atoms with van der Waals surface area (Å²) in [5.41, 5.74) is 1.14. The molecule has 13 heavy (non-hydrogen) atoms. The predicted molar refractivity (Wildman–Crippen MR) is 58.4 cm³/mol. The molecule has 1 heterocycles. The Morgan fingerprint density at radius 1 is 1.46 bits per heavy atom. The summed E-state index contributed by atoms with van der Waals surface area (Å²) in [6.45, 7) is 9.61. The van der Waals surface area contributed by atoms with Gasteiger partial charge in [0.25, 0.3) is 0 Å². The molecule has 3 heteroatoms. The van der Waals surface area contributed by atoms with Crippen LogP contribution in [0, 0.1) is 6.92 Å². The van der Waals surface area contributed by atoms with Gasteiger partial charge in [-0.1, -0.05) is 20.8 Å². The number of nitrogens with one attached hydrogen (secondary N) is 1. The summed E-state index contributed by atoms with van der Waals surface area (Å²) < 4.78 is 0. The molecule has 0 fully saturated rings. The van der Waals surface area contributed by atoms with Crippen LogP contribution in [0.3, 0.4) is 0 Å². The molecule has 0 spiro atoms. The maximum absolute atomic E-state index is 4.47. The van der Waals surface area contributed by atoms with Crippen LogP contribution in [0.2, 0.25) is 0 Å². The molecule has 1 N–H and O–H groups in total. The summed E-state index contributed by atoms with van der Waals surface area (Å²) in [6, 6.07) is 0.559. The molecule has 0 aliphatic rings. The maximum Gasteiger partial charge on any atom is 0.0969 e. The highest BCUT2D eigenvalue weighted by molar-refractivity contribution is 7.09. The van der Waals surface area contributed by atoms with Gasteiger partial charge in [-0.15, -0.1) is 11.3 Å². The largest absolute Gasteiger partial charge is 0.314 e. The van der Waals surface area contributed by atoms with Crippen LogP contribution in [0.5, 0.6) is 0 Å². The Morgan fingerprint density at radius 3 is 2.62 bits per heavy atom. The number of thiazole rings is 1. The van der Waals surface area contributed by atoms with Gasteiger partial charge in [-0.2, -0.15) is 0 Å². The van der Waals surface area contributed by atoms with Gasteiger partial charge < -0.3 is 5.32 Å². The van der Waals surface area contributed by atoms with Crippen molar-refractivity contribution >= 4 is 11.3 Å². The third-order valence-corrected chi connectivity index (χ3v) is 3.08. The highest BCUT2D eigenvalue weighted by atomic mass is 32.1. The highest BCUT2D eigenvalue weighted by Crippen LogP contribution is 2.18. The van der Waals surface area contributed by atoms with Crippen LogP contribution in [0.4, 0.5) is 0 Å². The minimum atomic E-state index is 0.529. The van der Waals surface area contributed by atoms with Gasteiger partial charge in [-0.3, -0.25) is 0 Å². The van der Waals surface area contributed by atoms with Gasteiger partial charge >= 0.3 is 0 Å². The van der Waals surface area contributed by atoms with Crippen molar-refractivity contribution in [3.05, 3.63) is 16.1 Å². The lowest BCUT2D eigenvalue weighted by Crippen LogP contribution is -2.26. The van der Waals surface area contributed by atoms with Crippen molar-refractivity contribution in [1.82, 2.24) is 10.3 Å². The average Bonchev–Trinajstić information content (AvgIpc) is 2.47. The average molecular weight is 198 g/mol. The number of rotatable bonds is 4. The van der Waals surface area contributed by atoms with Crippen molar-refractivity contribution in [2.24, 2.45) is 0 Å². The second-order valence-electron chi connectivity index (χ2n) is 3.79. The second-order valence-corrected chi connectivity index (χ2v) is 4.68. The van der Waals surface area contributed by atoms with Gasteiger partial charge in [0.2, 0.25) is 0 Å². The Morgan fingerprint density at radius 2 is 2.15 bits per heavy atom. The third-order valence-electron chi connectivity index (χ3n) is 1.89. The van der Waals surface area contributed by atoms with Gasteiger partial charge in [-0.25, -0.2) is 4.98 Å². The fourth-order valence-corrected chi connectivity index (χ4v) is 1.95. The molecule has 0 aromatic carbocycles. The van der Waals surface area contributed by atoms with Crippen molar-refractivity contribution in [1.29, 1.82) is 0 Å². The predicted octanol–water partition coefficient (Wildman–Crippen LogP) is 2.55. The van der Waals surface area contributed by atoms with E-state index in [0.29, 0.717) is 12.0 Å². The van der Waals surface area contributed by atoms with Crippen LogP contribution in [0.25, 0.3) is 0 Å². The summed E-state index contributed by atoms with van der Waals surface area (Å²) in [5, 5.41) is 6.77. The van der Waals surface area contributed by atoms with Crippen LogP contribution in [0.15, 0.2) is 5.38 Å². The Kier molecular flexibility index (Phi) is 3.88. The number of nitrogens with zero attached hydrogens (tertiary/aromatic N) is 1. The second kappa shape index (κ2) is 4.72. The van der Waals surface area contributed by atoms with E-state index in [-0.39, 0.29) is 0 Å². The SMILES string of the molecule is Cc1csc(C(C)CNC(C)C)n1. The van der Waals surface area contributed by atoms with Crippen LogP contribution in [-0.2, 0) is 0 Å². The van der Waals surface area contributed by atoms with E-state index in [1.807, 2.05) is 6.92 Å². The molecule has 1 unspecified atom stereocenters. The first-order chi connectivity index (χ1) is 6.09.